The zero-order chi connectivity index (χ0) is 29.2. The van der Waals surface area contributed by atoms with Crippen molar-refractivity contribution in [3.05, 3.63) is 130 Å². The number of benzene rings is 4. The molecule has 0 aromatic heterocycles. The van der Waals surface area contributed by atoms with Gasteiger partial charge in [-0.1, -0.05) is 0 Å². The molecule has 2 aliphatic carbocycles. The van der Waals surface area contributed by atoms with Crippen LogP contribution in [0.4, 0.5) is 11.4 Å². The summed E-state index contributed by atoms with van der Waals surface area (Å²) in [6, 6.07) is 33.2. The first-order valence-electron chi connectivity index (χ1n) is 15.1. The molecule has 2 atom stereocenters. The predicted molar refractivity (Wildman–Crippen MR) is 182 cm³/mol. The minimum absolute atomic E-state index is 0.101. The average Bonchev–Trinajstić information content (AvgIpc) is 3.53. The van der Waals surface area contributed by atoms with E-state index in [0.29, 0.717) is 0 Å². The number of anilines is 2. The minimum atomic E-state index is -4.88. The number of rotatable bonds is 4. The zero-order valence-electron chi connectivity index (χ0n) is 24.8. The molecule has 4 aromatic carbocycles. The summed E-state index contributed by atoms with van der Waals surface area (Å²) in [7, 11) is 16.9. The van der Waals surface area contributed by atoms with Crippen molar-refractivity contribution in [3.8, 4) is 11.1 Å². The number of fused-ring (bicyclic) bond motifs is 3. The van der Waals surface area contributed by atoms with Gasteiger partial charge in [-0.15, -0.1) is 0 Å². The van der Waals surface area contributed by atoms with Crippen LogP contribution < -0.4 is 4.90 Å². The SMILES string of the molecule is CC1=Cc2c(-c3ccccc3)cccc2[CH]1[Hf]([Cl])([Cl])([CH]1C(C)=Cc2c1cccc2N1CCCc2ccccc21)=[Si](C)C. The van der Waals surface area contributed by atoms with E-state index in [0.717, 1.165) is 19.4 Å². The summed E-state index contributed by atoms with van der Waals surface area (Å²) in [6.07, 6.45) is 7.11. The van der Waals surface area contributed by atoms with Crippen molar-refractivity contribution in [1.29, 1.82) is 0 Å². The molecule has 0 amide bonds. The van der Waals surface area contributed by atoms with Gasteiger partial charge in [0.1, 0.15) is 0 Å². The third kappa shape index (κ3) is 4.18. The van der Waals surface area contributed by atoms with Crippen molar-refractivity contribution in [2.45, 2.75) is 47.1 Å². The molecule has 5 heteroatoms. The van der Waals surface area contributed by atoms with Crippen LogP contribution in [0.15, 0.2) is 102 Å². The molecule has 0 radical (unpaired) electrons. The molecule has 1 heterocycles. The standard InChI is InChI=1S/C19H18N.C16H13.C2H6Si.2ClH.Hf/c1-14-12-16-7-4-10-19(17(16)13-14)20-11-5-8-15-6-2-3-9-18(15)20;1-12-10-14-8-5-9-15(16(14)11-12)13-6-3-2-4-7-13;1-3-2;;;/h2-4,6-7,9-10,12-13H,5,8,11H2,1H3;2-11H,1H3;1-2H3;2*1H;/q;;;;;+2/p-2. The number of nitrogens with zero attached hydrogens (tertiary/aromatic N) is 1. The summed E-state index contributed by atoms with van der Waals surface area (Å²) < 4.78 is 0.204. The molecule has 0 saturated heterocycles. The van der Waals surface area contributed by atoms with Crippen LogP contribution in [-0.4, -0.2) is 12.0 Å². The van der Waals surface area contributed by atoms with E-state index in [-0.39, 0.29) is 7.35 Å². The van der Waals surface area contributed by atoms with Gasteiger partial charge in [-0.2, -0.15) is 0 Å². The second-order valence-corrected chi connectivity index (χ2v) is 66.8. The van der Waals surface area contributed by atoms with E-state index in [1.807, 2.05) is 0 Å². The van der Waals surface area contributed by atoms with Crippen LogP contribution in [0.5, 0.6) is 0 Å². The van der Waals surface area contributed by atoms with Gasteiger partial charge in [-0.25, -0.2) is 0 Å². The molecule has 7 rings (SSSR count). The van der Waals surface area contributed by atoms with E-state index < -0.39 is 20.3 Å². The Balaban J connectivity index is 1.41. The Bertz CT molecular complexity index is 1880. The molecule has 4 aromatic rings. The van der Waals surface area contributed by atoms with Gasteiger partial charge >= 0.3 is 261 Å². The van der Waals surface area contributed by atoms with Crippen molar-refractivity contribution in [3.63, 3.8) is 0 Å². The van der Waals surface area contributed by atoms with Gasteiger partial charge in [0.2, 0.25) is 0 Å². The molecule has 3 aliphatic rings. The van der Waals surface area contributed by atoms with Gasteiger partial charge in [0.05, 0.1) is 0 Å². The third-order valence-electron chi connectivity index (χ3n) is 10.0. The van der Waals surface area contributed by atoms with E-state index >= 15 is 0 Å². The maximum absolute atomic E-state index is 8.44. The Kier molecular flexibility index (Phi) is 7.13. The van der Waals surface area contributed by atoms with Crippen LogP contribution in [0.25, 0.3) is 23.3 Å². The fourth-order valence-electron chi connectivity index (χ4n) is 8.13. The molecular weight excluding hydrogens is 736 g/mol. The molecule has 0 bridgehead atoms. The first-order chi connectivity index (χ1) is 20.2. The molecule has 0 N–H and O–H groups in total. The molecule has 0 fully saturated rings. The monoisotopic (exact) mass is 773 g/mol. The van der Waals surface area contributed by atoms with Crippen LogP contribution in [-0.2, 0) is 21.2 Å². The number of para-hydroxylation sites is 1. The Morgan fingerprint density at radius 2 is 1.29 bits per heavy atom. The van der Waals surface area contributed by atoms with Crippen LogP contribution >= 0.6 is 17.2 Å². The number of aryl methyl sites for hydroxylation is 1. The van der Waals surface area contributed by atoms with Gasteiger partial charge < -0.3 is 0 Å². The summed E-state index contributed by atoms with van der Waals surface area (Å²) in [5.41, 5.74) is 13.5. The van der Waals surface area contributed by atoms with Crippen molar-refractivity contribution in [1.82, 2.24) is 0 Å². The van der Waals surface area contributed by atoms with E-state index in [9.17, 15) is 0 Å². The summed E-state index contributed by atoms with van der Waals surface area (Å²) in [5.74, 6) is 0. The van der Waals surface area contributed by atoms with Gasteiger partial charge in [0, 0.05) is 0 Å². The third-order valence-corrected chi connectivity index (χ3v) is 76.1. The van der Waals surface area contributed by atoms with E-state index in [2.05, 4.69) is 135 Å². The van der Waals surface area contributed by atoms with E-state index in [1.165, 1.54) is 61.5 Å². The fourth-order valence-corrected chi connectivity index (χ4v) is 51.2. The van der Waals surface area contributed by atoms with Crippen molar-refractivity contribution in [2.24, 2.45) is 0 Å². The van der Waals surface area contributed by atoms with E-state index in [1.54, 1.807) is 0 Å². The van der Waals surface area contributed by atoms with Crippen LogP contribution in [0.2, 0.25) is 13.1 Å². The molecule has 42 heavy (non-hydrogen) atoms. The Morgan fingerprint density at radius 1 is 0.690 bits per heavy atom. The summed E-state index contributed by atoms with van der Waals surface area (Å²) in [4.78, 5) is 2.53. The number of halogens is 2. The van der Waals surface area contributed by atoms with Gasteiger partial charge in [-0.05, 0) is 0 Å². The van der Waals surface area contributed by atoms with E-state index in [4.69, 9.17) is 17.2 Å². The summed E-state index contributed by atoms with van der Waals surface area (Å²) in [5, 5.41) is 0. The van der Waals surface area contributed by atoms with Crippen molar-refractivity contribution < 1.29 is 14.8 Å². The summed E-state index contributed by atoms with van der Waals surface area (Å²) in [6.45, 7) is 10.4. The van der Waals surface area contributed by atoms with Crippen LogP contribution in [0, 0.1) is 0 Å². The molecule has 0 saturated carbocycles. The zero-order valence-corrected chi connectivity index (χ0v) is 30.9. The quantitative estimate of drug-likeness (QED) is 0.187. The van der Waals surface area contributed by atoms with Gasteiger partial charge in [0.15, 0.2) is 0 Å². The molecule has 2 unspecified atom stereocenters. The topological polar surface area (TPSA) is 3.24 Å². The molecule has 0 spiro atoms. The maximum atomic E-state index is 8.44. The fraction of sp³-hybridized carbons (Fsp3) is 0.243. The molecule has 1 nitrogen and oxygen atoms in total. The van der Waals surface area contributed by atoms with Gasteiger partial charge in [-0.3, -0.25) is 0 Å². The predicted octanol–water partition coefficient (Wildman–Crippen LogP) is 11.3. The Hall–Kier alpha value is -2.17. The van der Waals surface area contributed by atoms with Crippen molar-refractivity contribution >= 4 is 46.2 Å². The average molecular weight is 773 g/mol. The van der Waals surface area contributed by atoms with Crippen LogP contribution in [0.1, 0.15) is 55.4 Å². The molecular formula is C37H37Cl2HfNSi. The number of hydrogen-bond donors (Lipinski definition) is 0. The van der Waals surface area contributed by atoms with Gasteiger partial charge in [0.25, 0.3) is 0 Å². The normalized spacial score (nSPS) is 19.5. The van der Waals surface area contributed by atoms with Crippen LogP contribution in [0.3, 0.4) is 0 Å². The number of allylic oxidation sites excluding steroid dienone is 2. The Labute approximate surface area is 258 Å². The second kappa shape index (κ2) is 10.5. The first-order valence-corrected chi connectivity index (χ1v) is 36.0. The molecule has 212 valence electrons. The Morgan fingerprint density at radius 3 is 2.00 bits per heavy atom. The molecule has 1 aliphatic heterocycles. The number of hydrogen-bond acceptors (Lipinski definition) is 1. The first kappa shape index (κ1) is 28.6. The second-order valence-electron chi connectivity index (χ2n) is 12.6. The van der Waals surface area contributed by atoms with Crippen molar-refractivity contribution in [2.75, 3.05) is 11.4 Å². The summed E-state index contributed by atoms with van der Waals surface area (Å²) >= 11 is -4.88.